The van der Waals surface area contributed by atoms with E-state index in [1.807, 2.05) is 17.0 Å². The molecule has 0 radical (unpaired) electrons. The molecule has 0 aromatic heterocycles. The van der Waals surface area contributed by atoms with Gasteiger partial charge < -0.3 is 10.6 Å². The first-order valence-corrected chi connectivity index (χ1v) is 5.86. The zero-order valence-corrected chi connectivity index (χ0v) is 9.23. The van der Waals surface area contributed by atoms with E-state index in [2.05, 4.69) is 12.1 Å². The highest BCUT2D eigenvalue weighted by Gasteiger charge is 2.38. The van der Waals surface area contributed by atoms with E-state index in [9.17, 15) is 4.79 Å². The second-order valence-corrected chi connectivity index (χ2v) is 4.80. The maximum Gasteiger partial charge on any atom is 0.230 e. The Labute approximate surface area is 95.2 Å². The van der Waals surface area contributed by atoms with Crippen LogP contribution in [0.4, 0.5) is 0 Å². The van der Waals surface area contributed by atoms with Crippen molar-refractivity contribution in [3.05, 3.63) is 35.4 Å². The molecule has 1 saturated heterocycles. The molecule has 0 bridgehead atoms. The highest BCUT2D eigenvalue weighted by molar-refractivity contribution is 5.87. The monoisotopic (exact) mass is 216 g/mol. The van der Waals surface area contributed by atoms with Crippen LogP contribution in [0.3, 0.4) is 0 Å². The maximum atomic E-state index is 12.1. The molecule has 0 spiro atoms. The van der Waals surface area contributed by atoms with Gasteiger partial charge in [0, 0.05) is 19.0 Å². The lowest BCUT2D eigenvalue weighted by Crippen LogP contribution is -2.54. The van der Waals surface area contributed by atoms with Crippen LogP contribution in [0.1, 0.15) is 17.0 Å². The predicted octanol–water partition coefficient (Wildman–Crippen LogP) is 0.743. The zero-order chi connectivity index (χ0) is 11.1. The number of rotatable bonds is 2. The molecule has 1 aliphatic carbocycles. The molecule has 1 aromatic rings. The minimum Gasteiger partial charge on any atom is -0.341 e. The fourth-order valence-electron chi connectivity index (χ4n) is 2.60. The minimum atomic E-state index is 0.120. The van der Waals surface area contributed by atoms with Crippen molar-refractivity contribution >= 4 is 5.91 Å². The minimum absolute atomic E-state index is 0.120. The van der Waals surface area contributed by atoms with E-state index in [-0.39, 0.29) is 5.92 Å². The summed E-state index contributed by atoms with van der Waals surface area (Å²) in [5, 5.41) is 0. The number of nitrogens with zero attached hydrogens (tertiary/aromatic N) is 1. The third-order valence-electron chi connectivity index (χ3n) is 3.75. The zero-order valence-electron chi connectivity index (χ0n) is 9.23. The van der Waals surface area contributed by atoms with Crippen molar-refractivity contribution in [3.8, 4) is 0 Å². The van der Waals surface area contributed by atoms with Gasteiger partial charge in [0.05, 0.1) is 5.92 Å². The van der Waals surface area contributed by atoms with Crippen molar-refractivity contribution in [2.45, 2.75) is 12.3 Å². The number of hydrogen-bond acceptors (Lipinski definition) is 2. The van der Waals surface area contributed by atoms with Crippen molar-refractivity contribution in [1.29, 1.82) is 0 Å². The molecule has 1 atom stereocenters. The van der Waals surface area contributed by atoms with E-state index in [0.29, 0.717) is 18.4 Å². The third-order valence-corrected chi connectivity index (χ3v) is 3.75. The van der Waals surface area contributed by atoms with Gasteiger partial charge in [-0.05, 0) is 24.1 Å². The van der Waals surface area contributed by atoms with Gasteiger partial charge in [0.1, 0.15) is 0 Å². The molecular weight excluding hydrogens is 200 g/mol. The number of amides is 1. The summed E-state index contributed by atoms with van der Waals surface area (Å²) < 4.78 is 0. The summed E-state index contributed by atoms with van der Waals surface area (Å²) in [5.41, 5.74) is 8.11. The lowest BCUT2D eigenvalue weighted by Gasteiger charge is -2.42. The second-order valence-electron chi connectivity index (χ2n) is 4.80. The van der Waals surface area contributed by atoms with Crippen LogP contribution < -0.4 is 5.73 Å². The van der Waals surface area contributed by atoms with Gasteiger partial charge in [-0.25, -0.2) is 0 Å². The van der Waals surface area contributed by atoms with Gasteiger partial charge in [-0.1, -0.05) is 24.3 Å². The highest BCUT2D eigenvalue weighted by Crippen LogP contribution is 2.37. The fraction of sp³-hybridized carbons (Fsp3) is 0.462. The lowest BCUT2D eigenvalue weighted by atomic mass is 9.76. The molecule has 3 heteroatoms. The fourth-order valence-corrected chi connectivity index (χ4v) is 2.60. The molecule has 2 N–H and O–H groups in total. The number of nitrogens with two attached hydrogens (primary N) is 1. The Morgan fingerprint density at radius 3 is 2.81 bits per heavy atom. The van der Waals surface area contributed by atoms with Crippen LogP contribution in [-0.4, -0.2) is 30.4 Å². The van der Waals surface area contributed by atoms with Crippen molar-refractivity contribution in [2.24, 2.45) is 11.7 Å². The molecule has 1 amide bonds. The lowest BCUT2D eigenvalue weighted by molar-refractivity contribution is -0.139. The van der Waals surface area contributed by atoms with Gasteiger partial charge in [0.15, 0.2) is 0 Å². The van der Waals surface area contributed by atoms with Crippen LogP contribution >= 0.6 is 0 Å². The van der Waals surface area contributed by atoms with Gasteiger partial charge in [0.2, 0.25) is 5.91 Å². The average molecular weight is 216 g/mol. The summed E-state index contributed by atoms with van der Waals surface area (Å²) >= 11 is 0. The number of fused-ring (bicyclic) bond motifs is 1. The SMILES string of the molecule is NCC1CN(C(=O)C2Cc3ccccc32)C1. The Morgan fingerprint density at radius 1 is 1.38 bits per heavy atom. The summed E-state index contributed by atoms with van der Waals surface area (Å²) in [5.74, 6) is 0.942. The number of carbonyl (C=O) groups excluding carboxylic acids is 1. The first kappa shape index (κ1) is 9.85. The first-order chi connectivity index (χ1) is 7.79. The second kappa shape index (κ2) is 3.59. The number of carbonyl (C=O) groups is 1. The molecule has 1 unspecified atom stereocenters. The van der Waals surface area contributed by atoms with Gasteiger partial charge in [0.25, 0.3) is 0 Å². The number of likely N-dealkylation sites (tertiary alicyclic amines) is 1. The quantitative estimate of drug-likeness (QED) is 0.792. The van der Waals surface area contributed by atoms with Crippen LogP contribution in [0.2, 0.25) is 0 Å². The Morgan fingerprint density at radius 2 is 2.12 bits per heavy atom. The Balaban J connectivity index is 1.67. The number of benzene rings is 1. The molecule has 1 aromatic carbocycles. The summed E-state index contributed by atoms with van der Waals surface area (Å²) in [6, 6.07) is 8.23. The summed E-state index contributed by atoms with van der Waals surface area (Å²) in [6.45, 7) is 2.41. The maximum absolute atomic E-state index is 12.1. The topological polar surface area (TPSA) is 46.3 Å². The molecule has 3 rings (SSSR count). The molecule has 1 aliphatic heterocycles. The molecule has 3 nitrogen and oxygen atoms in total. The largest absolute Gasteiger partial charge is 0.341 e. The molecular formula is C13H16N2O. The van der Waals surface area contributed by atoms with Crippen LogP contribution in [-0.2, 0) is 11.2 Å². The molecule has 84 valence electrons. The predicted molar refractivity (Wildman–Crippen MR) is 62.0 cm³/mol. The van der Waals surface area contributed by atoms with E-state index >= 15 is 0 Å². The Kier molecular flexibility index (Phi) is 2.21. The van der Waals surface area contributed by atoms with Crippen LogP contribution in [0.15, 0.2) is 24.3 Å². The van der Waals surface area contributed by atoms with E-state index in [0.717, 1.165) is 19.5 Å². The van der Waals surface area contributed by atoms with Crippen LogP contribution in [0, 0.1) is 5.92 Å². The standard InChI is InChI=1S/C13H16N2O/c14-6-9-7-15(8-9)13(16)12-5-10-3-1-2-4-11(10)12/h1-4,9,12H,5-8,14H2. The van der Waals surface area contributed by atoms with Gasteiger partial charge in [-0.2, -0.15) is 0 Å². The van der Waals surface area contributed by atoms with Crippen molar-refractivity contribution in [3.63, 3.8) is 0 Å². The van der Waals surface area contributed by atoms with E-state index in [4.69, 9.17) is 5.73 Å². The third kappa shape index (κ3) is 1.35. The molecule has 1 heterocycles. The molecule has 0 saturated carbocycles. The van der Waals surface area contributed by atoms with E-state index < -0.39 is 0 Å². The molecule has 2 aliphatic rings. The Bertz CT molecular complexity index is 424. The number of hydrogen-bond donors (Lipinski definition) is 1. The highest BCUT2D eigenvalue weighted by atomic mass is 16.2. The van der Waals surface area contributed by atoms with Crippen LogP contribution in [0.25, 0.3) is 0 Å². The average Bonchev–Trinajstić information content (AvgIpc) is 2.18. The van der Waals surface area contributed by atoms with E-state index in [1.54, 1.807) is 0 Å². The summed E-state index contributed by atoms with van der Waals surface area (Å²) in [7, 11) is 0. The van der Waals surface area contributed by atoms with Crippen LogP contribution in [0.5, 0.6) is 0 Å². The van der Waals surface area contributed by atoms with Gasteiger partial charge in [-0.15, -0.1) is 0 Å². The van der Waals surface area contributed by atoms with Crippen molar-refractivity contribution in [1.82, 2.24) is 4.90 Å². The smallest absolute Gasteiger partial charge is 0.230 e. The normalized spacial score (nSPS) is 23.3. The first-order valence-electron chi connectivity index (χ1n) is 5.86. The Hall–Kier alpha value is -1.35. The molecule has 16 heavy (non-hydrogen) atoms. The summed E-state index contributed by atoms with van der Waals surface area (Å²) in [6.07, 6.45) is 0.915. The summed E-state index contributed by atoms with van der Waals surface area (Å²) in [4.78, 5) is 14.1. The van der Waals surface area contributed by atoms with Crippen molar-refractivity contribution in [2.75, 3.05) is 19.6 Å². The van der Waals surface area contributed by atoms with Crippen molar-refractivity contribution < 1.29 is 4.79 Å². The van der Waals surface area contributed by atoms with Gasteiger partial charge in [-0.3, -0.25) is 4.79 Å². The van der Waals surface area contributed by atoms with Gasteiger partial charge >= 0.3 is 0 Å². The van der Waals surface area contributed by atoms with E-state index in [1.165, 1.54) is 11.1 Å². The molecule has 1 fully saturated rings.